The lowest BCUT2D eigenvalue weighted by Crippen LogP contribution is -2.28. The number of nitrogens with one attached hydrogen (secondary N) is 2. The third kappa shape index (κ3) is 4.40. The fourth-order valence-electron chi connectivity index (χ4n) is 2.09. The molecule has 2 heterocycles. The number of thiazole rings is 1. The van der Waals surface area contributed by atoms with Gasteiger partial charge in [-0.05, 0) is 30.7 Å². The van der Waals surface area contributed by atoms with E-state index in [-0.39, 0.29) is 6.03 Å². The maximum atomic E-state index is 11.9. The Morgan fingerprint density at radius 2 is 2.13 bits per heavy atom. The Labute approximate surface area is 138 Å². The summed E-state index contributed by atoms with van der Waals surface area (Å²) in [6.07, 6.45) is 3.67. The van der Waals surface area contributed by atoms with Crippen LogP contribution in [-0.4, -0.2) is 20.8 Å². The molecule has 0 fully saturated rings. The summed E-state index contributed by atoms with van der Waals surface area (Å²) in [5, 5.41) is 12.6. The van der Waals surface area contributed by atoms with E-state index in [9.17, 15) is 4.79 Å². The van der Waals surface area contributed by atoms with Crippen LogP contribution in [0.2, 0.25) is 0 Å². The van der Waals surface area contributed by atoms with E-state index in [1.165, 1.54) is 11.3 Å². The van der Waals surface area contributed by atoms with Gasteiger partial charge in [-0.15, -0.1) is 11.3 Å². The van der Waals surface area contributed by atoms with Gasteiger partial charge in [-0.25, -0.2) is 9.78 Å². The minimum absolute atomic E-state index is 0.238. The van der Waals surface area contributed by atoms with E-state index in [1.54, 1.807) is 6.20 Å². The summed E-state index contributed by atoms with van der Waals surface area (Å²) in [4.78, 5) is 16.2. The number of aryl methyl sites for hydroxylation is 1. The zero-order valence-electron chi connectivity index (χ0n) is 12.7. The van der Waals surface area contributed by atoms with Gasteiger partial charge in [-0.2, -0.15) is 5.10 Å². The lowest BCUT2D eigenvalue weighted by molar-refractivity contribution is 0.251. The molecule has 0 spiro atoms. The molecule has 0 atom stereocenters. The minimum atomic E-state index is -0.238. The van der Waals surface area contributed by atoms with Crippen molar-refractivity contribution < 1.29 is 4.79 Å². The normalized spacial score (nSPS) is 10.5. The van der Waals surface area contributed by atoms with Gasteiger partial charge in [-0.1, -0.05) is 12.1 Å². The van der Waals surface area contributed by atoms with Crippen LogP contribution < -0.4 is 10.6 Å². The minimum Gasteiger partial charge on any atom is -0.331 e. The predicted octanol–water partition coefficient (Wildman–Crippen LogP) is 3.02. The van der Waals surface area contributed by atoms with E-state index in [0.29, 0.717) is 13.1 Å². The SMILES string of the molecule is Cc1csc(CNC(=O)Nc2ccc(Cn3cccn3)cc2)n1. The summed E-state index contributed by atoms with van der Waals surface area (Å²) in [6, 6.07) is 9.36. The first-order valence-corrected chi connectivity index (χ1v) is 8.09. The van der Waals surface area contributed by atoms with Gasteiger partial charge in [0.2, 0.25) is 0 Å². The van der Waals surface area contributed by atoms with Gasteiger partial charge in [-0.3, -0.25) is 4.68 Å². The Bertz CT molecular complexity index is 764. The van der Waals surface area contributed by atoms with Gasteiger partial charge in [0, 0.05) is 29.2 Å². The second-order valence-corrected chi connectivity index (χ2v) is 6.03. The predicted molar refractivity (Wildman–Crippen MR) is 90.5 cm³/mol. The highest BCUT2D eigenvalue weighted by molar-refractivity contribution is 7.09. The molecule has 0 aliphatic rings. The molecule has 2 amide bonds. The number of nitrogens with zero attached hydrogens (tertiary/aromatic N) is 3. The first-order chi connectivity index (χ1) is 11.2. The van der Waals surface area contributed by atoms with Crippen molar-refractivity contribution in [1.29, 1.82) is 0 Å². The number of carbonyl (C=O) groups is 1. The molecule has 0 radical (unpaired) electrons. The summed E-state index contributed by atoms with van der Waals surface area (Å²) >= 11 is 1.54. The zero-order valence-corrected chi connectivity index (χ0v) is 13.5. The maximum absolute atomic E-state index is 11.9. The van der Waals surface area contributed by atoms with Crippen molar-refractivity contribution in [2.75, 3.05) is 5.32 Å². The van der Waals surface area contributed by atoms with Crippen LogP contribution >= 0.6 is 11.3 Å². The largest absolute Gasteiger partial charge is 0.331 e. The molecule has 3 aromatic rings. The van der Waals surface area contributed by atoms with Gasteiger partial charge < -0.3 is 10.6 Å². The summed E-state index contributed by atoms with van der Waals surface area (Å²) in [6.45, 7) is 3.08. The summed E-state index contributed by atoms with van der Waals surface area (Å²) in [5.74, 6) is 0. The van der Waals surface area contributed by atoms with Crippen molar-refractivity contribution in [1.82, 2.24) is 20.1 Å². The second-order valence-electron chi connectivity index (χ2n) is 5.09. The lowest BCUT2D eigenvalue weighted by atomic mass is 10.2. The monoisotopic (exact) mass is 327 g/mol. The number of aromatic nitrogens is 3. The smallest absolute Gasteiger partial charge is 0.319 e. The molecule has 7 heteroatoms. The van der Waals surface area contributed by atoms with Crippen molar-refractivity contribution in [2.24, 2.45) is 0 Å². The molecule has 0 unspecified atom stereocenters. The molecule has 118 valence electrons. The molecule has 2 N–H and O–H groups in total. The van der Waals surface area contributed by atoms with Gasteiger partial charge in [0.1, 0.15) is 5.01 Å². The average Bonchev–Trinajstić information content (AvgIpc) is 3.19. The fraction of sp³-hybridized carbons (Fsp3) is 0.188. The van der Waals surface area contributed by atoms with E-state index in [0.717, 1.165) is 22.0 Å². The van der Waals surface area contributed by atoms with Crippen LogP contribution in [0.25, 0.3) is 0 Å². The van der Waals surface area contributed by atoms with Crippen LogP contribution in [0, 0.1) is 6.92 Å². The molecule has 3 rings (SSSR count). The third-order valence-electron chi connectivity index (χ3n) is 3.18. The number of benzene rings is 1. The van der Waals surface area contributed by atoms with Crippen molar-refractivity contribution >= 4 is 23.1 Å². The molecule has 0 saturated heterocycles. The van der Waals surface area contributed by atoms with Crippen LogP contribution in [0.5, 0.6) is 0 Å². The number of hydrogen-bond acceptors (Lipinski definition) is 4. The van der Waals surface area contributed by atoms with Crippen LogP contribution in [0.15, 0.2) is 48.1 Å². The maximum Gasteiger partial charge on any atom is 0.319 e. The van der Waals surface area contributed by atoms with Crippen molar-refractivity contribution in [3.63, 3.8) is 0 Å². The molecule has 6 nitrogen and oxygen atoms in total. The first kappa shape index (κ1) is 15.2. The highest BCUT2D eigenvalue weighted by Gasteiger charge is 2.04. The van der Waals surface area contributed by atoms with Crippen molar-refractivity contribution in [2.45, 2.75) is 20.0 Å². The standard InChI is InChI=1S/C16H17N5OS/c1-12-11-23-15(19-12)9-17-16(22)20-14-5-3-13(4-6-14)10-21-8-2-7-18-21/h2-8,11H,9-10H2,1H3,(H2,17,20,22). The van der Waals surface area contributed by atoms with E-state index in [1.807, 2.05) is 53.5 Å². The van der Waals surface area contributed by atoms with Gasteiger partial charge in [0.25, 0.3) is 0 Å². The van der Waals surface area contributed by atoms with Gasteiger partial charge >= 0.3 is 6.03 Å². The van der Waals surface area contributed by atoms with Crippen LogP contribution in [0.4, 0.5) is 10.5 Å². The number of urea groups is 1. The number of rotatable bonds is 5. The molecular formula is C16H17N5OS. The van der Waals surface area contributed by atoms with E-state index in [2.05, 4.69) is 20.7 Å². The molecule has 1 aromatic carbocycles. The molecule has 0 saturated carbocycles. The molecular weight excluding hydrogens is 310 g/mol. The summed E-state index contributed by atoms with van der Waals surface area (Å²) in [5.41, 5.74) is 2.85. The number of amides is 2. The Morgan fingerprint density at radius 3 is 2.78 bits per heavy atom. The Balaban J connectivity index is 1.50. The number of hydrogen-bond donors (Lipinski definition) is 2. The molecule has 23 heavy (non-hydrogen) atoms. The number of anilines is 1. The third-order valence-corrected chi connectivity index (χ3v) is 4.15. The molecule has 0 aliphatic carbocycles. The van der Waals surface area contributed by atoms with Crippen LogP contribution in [-0.2, 0) is 13.1 Å². The van der Waals surface area contributed by atoms with Crippen molar-refractivity contribution in [3.05, 3.63) is 64.4 Å². The van der Waals surface area contributed by atoms with Gasteiger partial charge in [0.15, 0.2) is 0 Å². The topological polar surface area (TPSA) is 71.8 Å². The van der Waals surface area contributed by atoms with Crippen LogP contribution in [0.3, 0.4) is 0 Å². The quantitative estimate of drug-likeness (QED) is 0.756. The van der Waals surface area contributed by atoms with E-state index >= 15 is 0 Å². The van der Waals surface area contributed by atoms with Crippen LogP contribution in [0.1, 0.15) is 16.3 Å². The highest BCUT2D eigenvalue weighted by Crippen LogP contribution is 2.11. The van der Waals surface area contributed by atoms with E-state index < -0.39 is 0 Å². The number of carbonyl (C=O) groups excluding carboxylic acids is 1. The highest BCUT2D eigenvalue weighted by atomic mass is 32.1. The zero-order chi connectivity index (χ0) is 16.1. The Kier molecular flexibility index (Phi) is 4.68. The van der Waals surface area contributed by atoms with E-state index in [4.69, 9.17) is 0 Å². The second kappa shape index (κ2) is 7.06. The lowest BCUT2D eigenvalue weighted by Gasteiger charge is -2.08. The first-order valence-electron chi connectivity index (χ1n) is 7.21. The summed E-state index contributed by atoms with van der Waals surface area (Å²) < 4.78 is 1.85. The molecule has 0 bridgehead atoms. The molecule has 0 aliphatic heterocycles. The fourth-order valence-corrected chi connectivity index (χ4v) is 2.80. The molecule has 2 aromatic heterocycles. The van der Waals surface area contributed by atoms with Crippen molar-refractivity contribution in [3.8, 4) is 0 Å². The summed E-state index contributed by atoms with van der Waals surface area (Å²) in [7, 11) is 0. The Morgan fingerprint density at radius 1 is 1.30 bits per heavy atom. The Hall–Kier alpha value is -2.67. The van der Waals surface area contributed by atoms with Gasteiger partial charge in [0.05, 0.1) is 13.1 Å². The average molecular weight is 327 g/mol.